The third kappa shape index (κ3) is 4.62. The summed E-state index contributed by atoms with van der Waals surface area (Å²) in [5.74, 6) is -0.0952. The van der Waals surface area contributed by atoms with Crippen LogP contribution in [-0.4, -0.2) is 62.1 Å². The molecule has 0 saturated carbocycles. The van der Waals surface area contributed by atoms with Gasteiger partial charge < -0.3 is 14.5 Å². The molecule has 15 heavy (non-hydrogen) atoms. The molecule has 4 nitrogen and oxygen atoms in total. The van der Waals surface area contributed by atoms with Crippen molar-refractivity contribution in [3.8, 4) is 0 Å². The van der Waals surface area contributed by atoms with E-state index in [1.54, 1.807) is 0 Å². The SMILES string of the molecule is CCN1CCN(CCCC(=O)OC)CC1. The summed E-state index contributed by atoms with van der Waals surface area (Å²) in [6, 6.07) is 0. The van der Waals surface area contributed by atoms with Gasteiger partial charge in [0, 0.05) is 32.6 Å². The molecule has 1 aliphatic heterocycles. The number of carbonyl (C=O) groups excluding carboxylic acids is 1. The number of likely N-dealkylation sites (N-methyl/N-ethyl adjacent to an activating group) is 1. The van der Waals surface area contributed by atoms with Crippen molar-refractivity contribution in [3.05, 3.63) is 0 Å². The molecule has 0 spiro atoms. The lowest BCUT2D eigenvalue weighted by atomic mass is 10.2. The number of ether oxygens (including phenoxy) is 1. The molecule has 0 aromatic heterocycles. The molecule has 1 saturated heterocycles. The minimum absolute atomic E-state index is 0.0952. The highest BCUT2D eigenvalue weighted by molar-refractivity contribution is 5.69. The number of hydrogen-bond acceptors (Lipinski definition) is 4. The second-order valence-corrected chi connectivity index (χ2v) is 3.96. The Kier molecular flexibility index (Phi) is 5.65. The number of esters is 1. The van der Waals surface area contributed by atoms with Gasteiger partial charge in [-0.15, -0.1) is 0 Å². The van der Waals surface area contributed by atoms with Crippen LogP contribution in [0.25, 0.3) is 0 Å². The minimum atomic E-state index is -0.0952. The molecule has 0 unspecified atom stereocenters. The zero-order valence-corrected chi connectivity index (χ0v) is 9.87. The normalized spacial score (nSPS) is 19.1. The van der Waals surface area contributed by atoms with Crippen molar-refractivity contribution in [2.75, 3.05) is 46.4 Å². The number of rotatable bonds is 5. The molecule has 0 atom stereocenters. The molecule has 0 bridgehead atoms. The van der Waals surface area contributed by atoms with E-state index in [0.717, 1.165) is 45.7 Å². The molecular weight excluding hydrogens is 192 g/mol. The third-order valence-corrected chi connectivity index (χ3v) is 3.00. The Labute approximate surface area is 92.2 Å². The van der Waals surface area contributed by atoms with E-state index in [9.17, 15) is 4.79 Å². The molecule has 0 radical (unpaired) electrons. The molecule has 0 aliphatic carbocycles. The average molecular weight is 214 g/mol. The van der Waals surface area contributed by atoms with E-state index in [2.05, 4.69) is 21.5 Å². The number of carbonyl (C=O) groups is 1. The molecule has 0 aromatic rings. The molecule has 1 heterocycles. The van der Waals surface area contributed by atoms with E-state index < -0.39 is 0 Å². The Hall–Kier alpha value is -0.610. The fraction of sp³-hybridized carbons (Fsp3) is 0.909. The summed E-state index contributed by atoms with van der Waals surface area (Å²) in [7, 11) is 1.45. The van der Waals surface area contributed by atoms with Crippen LogP contribution >= 0.6 is 0 Å². The van der Waals surface area contributed by atoms with Crippen molar-refractivity contribution in [1.29, 1.82) is 0 Å². The van der Waals surface area contributed by atoms with Gasteiger partial charge >= 0.3 is 5.97 Å². The summed E-state index contributed by atoms with van der Waals surface area (Å²) >= 11 is 0. The van der Waals surface area contributed by atoms with Gasteiger partial charge in [0.1, 0.15) is 0 Å². The van der Waals surface area contributed by atoms with Crippen LogP contribution in [0, 0.1) is 0 Å². The van der Waals surface area contributed by atoms with Crippen LogP contribution in [0.15, 0.2) is 0 Å². The fourth-order valence-electron chi connectivity index (χ4n) is 1.88. The lowest BCUT2D eigenvalue weighted by Gasteiger charge is -2.33. The summed E-state index contributed by atoms with van der Waals surface area (Å²) in [4.78, 5) is 15.8. The monoisotopic (exact) mass is 214 g/mol. The molecule has 1 fully saturated rings. The van der Waals surface area contributed by atoms with E-state index in [-0.39, 0.29) is 5.97 Å². The quantitative estimate of drug-likeness (QED) is 0.627. The molecule has 0 N–H and O–H groups in total. The standard InChI is InChI=1S/C11H22N2O2/c1-3-12-7-9-13(10-8-12)6-4-5-11(14)15-2/h3-10H2,1-2H3. The van der Waals surface area contributed by atoms with Crippen LogP contribution in [0.4, 0.5) is 0 Å². The third-order valence-electron chi connectivity index (χ3n) is 3.00. The first kappa shape index (κ1) is 12.5. The van der Waals surface area contributed by atoms with E-state index in [0.29, 0.717) is 6.42 Å². The fourth-order valence-corrected chi connectivity index (χ4v) is 1.88. The molecular formula is C11H22N2O2. The second kappa shape index (κ2) is 6.80. The smallest absolute Gasteiger partial charge is 0.305 e. The Balaban J connectivity index is 2.06. The van der Waals surface area contributed by atoms with Gasteiger partial charge in [-0.2, -0.15) is 0 Å². The first-order valence-corrected chi connectivity index (χ1v) is 5.77. The first-order chi connectivity index (χ1) is 7.26. The number of methoxy groups -OCH3 is 1. The van der Waals surface area contributed by atoms with Gasteiger partial charge in [0.05, 0.1) is 7.11 Å². The van der Waals surface area contributed by atoms with Crippen LogP contribution < -0.4 is 0 Å². The summed E-state index contributed by atoms with van der Waals surface area (Å²) in [5, 5.41) is 0. The molecule has 0 aromatic carbocycles. The maximum absolute atomic E-state index is 10.9. The molecule has 88 valence electrons. The van der Waals surface area contributed by atoms with Crippen LogP contribution in [0.5, 0.6) is 0 Å². The van der Waals surface area contributed by atoms with Gasteiger partial charge in [-0.25, -0.2) is 0 Å². The lowest BCUT2D eigenvalue weighted by Crippen LogP contribution is -2.46. The topological polar surface area (TPSA) is 32.8 Å². The summed E-state index contributed by atoms with van der Waals surface area (Å²) in [6.45, 7) is 8.96. The Morgan fingerprint density at radius 3 is 2.33 bits per heavy atom. The van der Waals surface area contributed by atoms with Gasteiger partial charge in [-0.1, -0.05) is 6.92 Å². The van der Waals surface area contributed by atoms with Crippen LogP contribution in [-0.2, 0) is 9.53 Å². The largest absolute Gasteiger partial charge is 0.469 e. The summed E-state index contributed by atoms with van der Waals surface area (Å²) in [6.07, 6.45) is 1.46. The van der Waals surface area contributed by atoms with Gasteiger partial charge in [-0.3, -0.25) is 4.79 Å². The van der Waals surface area contributed by atoms with Crippen molar-refractivity contribution in [3.63, 3.8) is 0 Å². The van der Waals surface area contributed by atoms with E-state index >= 15 is 0 Å². The summed E-state index contributed by atoms with van der Waals surface area (Å²) in [5.41, 5.74) is 0. The van der Waals surface area contributed by atoms with E-state index in [4.69, 9.17) is 0 Å². The molecule has 0 amide bonds. The Bertz CT molecular complexity index is 189. The first-order valence-electron chi connectivity index (χ1n) is 5.77. The zero-order valence-electron chi connectivity index (χ0n) is 9.87. The van der Waals surface area contributed by atoms with Gasteiger partial charge in [0.2, 0.25) is 0 Å². The van der Waals surface area contributed by atoms with Crippen LogP contribution in [0.3, 0.4) is 0 Å². The zero-order chi connectivity index (χ0) is 11.1. The van der Waals surface area contributed by atoms with Crippen molar-refractivity contribution >= 4 is 5.97 Å². The maximum Gasteiger partial charge on any atom is 0.305 e. The minimum Gasteiger partial charge on any atom is -0.469 e. The van der Waals surface area contributed by atoms with Crippen molar-refractivity contribution < 1.29 is 9.53 Å². The molecule has 1 rings (SSSR count). The average Bonchev–Trinajstić information content (AvgIpc) is 2.29. The predicted octanol–water partition coefficient (Wildman–Crippen LogP) is 0.577. The number of hydrogen-bond donors (Lipinski definition) is 0. The molecule has 1 aliphatic rings. The Morgan fingerprint density at radius 1 is 1.20 bits per heavy atom. The van der Waals surface area contributed by atoms with Crippen LogP contribution in [0.1, 0.15) is 19.8 Å². The number of piperazine rings is 1. The van der Waals surface area contributed by atoms with Gasteiger partial charge in [0.25, 0.3) is 0 Å². The van der Waals surface area contributed by atoms with Crippen molar-refractivity contribution in [1.82, 2.24) is 9.80 Å². The van der Waals surface area contributed by atoms with E-state index in [1.807, 2.05) is 0 Å². The predicted molar refractivity (Wildman–Crippen MR) is 59.8 cm³/mol. The van der Waals surface area contributed by atoms with E-state index in [1.165, 1.54) is 7.11 Å². The van der Waals surface area contributed by atoms with Crippen molar-refractivity contribution in [2.24, 2.45) is 0 Å². The summed E-state index contributed by atoms with van der Waals surface area (Å²) < 4.78 is 4.61. The second-order valence-electron chi connectivity index (χ2n) is 3.96. The molecule has 4 heteroatoms. The highest BCUT2D eigenvalue weighted by Gasteiger charge is 2.14. The van der Waals surface area contributed by atoms with Gasteiger partial charge in [0.15, 0.2) is 0 Å². The van der Waals surface area contributed by atoms with Gasteiger partial charge in [-0.05, 0) is 19.5 Å². The number of nitrogens with zero attached hydrogens (tertiary/aromatic N) is 2. The van der Waals surface area contributed by atoms with Crippen molar-refractivity contribution in [2.45, 2.75) is 19.8 Å². The maximum atomic E-state index is 10.9. The lowest BCUT2D eigenvalue weighted by molar-refractivity contribution is -0.140. The van der Waals surface area contributed by atoms with Crippen LogP contribution in [0.2, 0.25) is 0 Å². The highest BCUT2D eigenvalue weighted by Crippen LogP contribution is 2.03. The highest BCUT2D eigenvalue weighted by atomic mass is 16.5. The Morgan fingerprint density at radius 2 is 1.80 bits per heavy atom.